The number of rotatable bonds is 1. The molecule has 0 aromatic heterocycles. The maximum absolute atomic E-state index is 13.0. The van der Waals surface area contributed by atoms with E-state index >= 15 is 0 Å². The first kappa shape index (κ1) is 12.4. The Bertz CT molecular complexity index is 775. The molecule has 2 aromatic carbocycles. The lowest BCUT2D eigenvalue weighted by Gasteiger charge is -2.36. The topological polar surface area (TPSA) is 37.4 Å². The Kier molecular flexibility index (Phi) is 2.36. The monoisotopic (exact) mass is 291 g/mol. The fraction of sp³-hybridized carbons (Fsp3) is 0.368. The molecule has 0 saturated heterocycles. The molecule has 110 valence electrons. The van der Waals surface area contributed by atoms with Crippen molar-refractivity contribution in [3.63, 3.8) is 0 Å². The number of carbonyl (C=O) groups is 2. The number of nitrogens with zero attached hydrogens (tertiary/aromatic N) is 1. The first-order valence-corrected chi connectivity index (χ1v) is 8.13. The number of fused-ring (bicyclic) bond motifs is 2. The fourth-order valence-electron chi connectivity index (χ4n) is 4.88. The van der Waals surface area contributed by atoms with Crippen molar-refractivity contribution in [1.29, 1.82) is 0 Å². The van der Waals surface area contributed by atoms with Gasteiger partial charge in [0.1, 0.15) is 0 Å². The van der Waals surface area contributed by atoms with Gasteiger partial charge in [-0.25, -0.2) is 0 Å². The van der Waals surface area contributed by atoms with Crippen molar-refractivity contribution in [2.24, 2.45) is 11.8 Å². The van der Waals surface area contributed by atoms with Crippen LogP contribution in [0.15, 0.2) is 36.4 Å². The quantitative estimate of drug-likeness (QED) is 0.752. The predicted octanol–water partition coefficient (Wildman–Crippen LogP) is 3.62. The van der Waals surface area contributed by atoms with Crippen LogP contribution in [0.1, 0.15) is 46.4 Å². The van der Waals surface area contributed by atoms with Gasteiger partial charge in [0.25, 0.3) is 11.8 Å². The Morgan fingerprint density at radius 3 is 2.09 bits per heavy atom. The summed E-state index contributed by atoms with van der Waals surface area (Å²) in [6.07, 6.45) is 4.62. The van der Waals surface area contributed by atoms with E-state index in [2.05, 4.69) is 0 Å². The minimum Gasteiger partial charge on any atom is -0.271 e. The van der Waals surface area contributed by atoms with Gasteiger partial charge in [-0.1, -0.05) is 30.7 Å². The van der Waals surface area contributed by atoms with Crippen molar-refractivity contribution in [3.05, 3.63) is 47.5 Å². The second kappa shape index (κ2) is 4.19. The van der Waals surface area contributed by atoms with Crippen LogP contribution in [-0.4, -0.2) is 22.8 Å². The normalized spacial score (nSPS) is 29.6. The van der Waals surface area contributed by atoms with E-state index in [0.29, 0.717) is 23.0 Å². The van der Waals surface area contributed by atoms with Crippen molar-refractivity contribution in [2.45, 2.75) is 31.7 Å². The molecule has 22 heavy (non-hydrogen) atoms. The first-order valence-electron chi connectivity index (χ1n) is 8.13. The number of hydrogen-bond acceptors (Lipinski definition) is 2. The van der Waals surface area contributed by atoms with Gasteiger partial charge in [-0.05, 0) is 48.6 Å². The molecule has 2 aliphatic carbocycles. The Hall–Kier alpha value is -2.16. The van der Waals surface area contributed by atoms with Crippen LogP contribution in [0.4, 0.5) is 0 Å². The Labute approximate surface area is 128 Å². The Morgan fingerprint density at radius 1 is 0.864 bits per heavy atom. The lowest BCUT2D eigenvalue weighted by atomic mass is 9.89. The largest absolute Gasteiger partial charge is 0.271 e. The number of imide groups is 1. The summed E-state index contributed by atoms with van der Waals surface area (Å²) >= 11 is 0. The van der Waals surface area contributed by atoms with E-state index in [-0.39, 0.29) is 17.9 Å². The first-order chi connectivity index (χ1) is 10.7. The molecule has 3 heteroatoms. The highest BCUT2D eigenvalue weighted by Gasteiger charge is 2.47. The smallest absolute Gasteiger partial charge is 0.261 e. The zero-order valence-corrected chi connectivity index (χ0v) is 12.3. The maximum atomic E-state index is 13.0. The molecule has 3 aliphatic rings. The standard InChI is InChI=1S/C19H17NO2/c21-18-14-5-1-3-12-4-2-6-15(17(12)14)19(22)20(18)16-10-11-7-8-13(16)9-11/h1-6,11,13,16H,7-10H2/t11-,13-,16+/m0/s1. The summed E-state index contributed by atoms with van der Waals surface area (Å²) in [5.41, 5.74) is 1.38. The van der Waals surface area contributed by atoms with Crippen molar-refractivity contribution in [1.82, 2.24) is 4.90 Å². The van der Waals surface area contributed by atoms with E-state index in [1.165, 1.54) is 12.8 Å². The minimum atomic E-state index is -0.0909. The third kappa shape index (κ3) is 1.46. The van der Waals surface area contributed by atoms with E-state index in [4.69, 9.17) is 0 Å². The zero-order valence-electron chi connectivity index (χ0n) is 12.3. The van der Waals surface area contributed by atoms with Gasteiger partial charge in [0.15, 0.2) is 0 Å². The van der Waals surface area contributed by atoms with Crippen molar-refractivity contribution >= 4 is 22.6 Å². The number of carbonyl (C=O) groups excluding carboxylic acids is 2. The van der Waals surface area contributed by atoms with E-state index in [0.717, 1.165) is 23.6 Å². The van der Waals surface area contributed by atoms with Crippen LogP contribution in [0.3, 0.4) is 0 Å². The zero-order chi connectivity index (χ0) is 14.8. The third-order valence-electron chi connectivity index (χ3n) is 5.84. The third-order valence-corrected chi connectivity index (χ3v) is 5.84. The summed E-state index contributed by atoms with van der Waals surface area (Å²) in [5.74, 6) is 1.05. The average molecular weight is 291 g/mol. The maximum Gasteiger partial charge on any atom is 0.261 e. The molecule has 2 bridgehead atoms. The second-order valence-corrected chi connectivity index (χ2v) is 6.93. The fourth-order valence-corrected chi connectivity index (χ4v) is 4.88. The van der Waals surface area contributed by atoms with Gasteiger partial charge < -0.3 is 0 Å². The highest BCUT2D eigenvalue weighted by atomic mass is 16.2. The summed E-state index contributed by atoms with van der Waals surface area (Å²) in [5, 5.41) is 1.81. The SMILES string of the molecule is O=C1c2cccc3cccc(c23)C(=O)N1[C@@H]1C[C@H]2CC[C@H]1C2. The molecule has 2 amide bonds. The van der Waals surface area contributed by atoms with E-state index < -0.39 is 0 Å². The number of hydrogen-bond donors (Lipinski definition) is 0. The van der Waals surface area contributed by atoms with Crippen LogP contribution >= 0.6 is 0 Å². The van der Waals surface area contributed by atoms with Gasteiger partial charge in [0.05, 0.1) is 0 Å². The van der Waals surface area contributed by atoms with E-state index in [1.807, 2.05) is 36.4 Å². The summed E-state index contributed by atoms with van der Waals surface area (Å²) in [6, 6.07) is 11.6. The molecule has 0 N–H and O–H groups in total. The summed E-state index contributed by atoms with van der Waals surface area (Å²) < 4.78 is 0. The van der Waals surface area contributed by atoms with Crippen LogP contribution in [0.25, 0.3) is 10.8 Å². The van der Waals surface area contributed by atoms with Gasteiger partial charge in [0.2, 0.25) is 0 Å². The van der Waals surface area contributed by atoms with Crippen molar-refractivity contribution in [3.8, 4) is 0 Å². The molecular formula is C19H17NO2. The Morgan fingerprint density at radius 2 is 1.55 bits per heavy atom. The average Bonchev–Trinajstić information content (AvgIpc) is 3.16. The molecule has 2 saturated carbocycles. The molecule has 0 unspecified atom stereocenters. The molecule has 0 radical (unpaired) electrons. The van der Waals surface area contributed by atoms with E-state index in [9.17, 15) is 9.59 Å². The highest BCUT2D eigenvalue weighted by molar-refractivity contribution is 6.25. The molecule has 1 heterocycles. The van der Waals surface area contributed by atoms with Gasteiger partial charge >= 0.3 is 0 Å². The van der Waals surface area contributed by atoms with Crippen LogP contribution in [0.5, 0.6) is 0 Å². The van der Waals surface area contributed by atoms with Crippen LogP contribution < -0.4 is 0 Å². The second-order valence-electron chi connectivity index (χ2n) is 6.93. The lowest BCUT2D eigenvalue weighted by molar-refractivity contribution is 0.0484. The van der Waals surface area contributed by atoms with Crippen molar-refractivity contribution in [2.75, 3.05) is 0 Å². The van der Waals surface area contributed by atoms with E-state index in [1.54, 1.807) is 4.90 Å². The molecule has 3 nitrogen and oxygen atoms in total. The molecule has 3 atom stereocenters. The molecule has 2 fully saturated rings. The van der Waals surface area contributed by atoms with Crippen LogP contribution in [0, 0.1) is 11.8 Å². The minimum absolute atomic E-state index is 0.0909. The number of amides is 2. The molecule has 0 spiro atoms. The molecule has 2 aromatic rings. The van der Waals surface area contributed by atoms with Gasteiger partial charge in [0, 0.05) is 22.6 Å². The summed E-state index contributed by atoms with van der Waals surface area (Å²) in [6.45, 7) is 0. The lowest BCUT2D eigenvalue weighted by Crippen LogP contribution is -2.49. The van der Waals surface area contributed by atoms with Gasteiger partial charge in [-0.3, -0.25) is 14.5 Å². The number of benzene rings is 2. The molecular weight excluding hydrogens is 274 g/mol. The molecule has 1 aliphatic heterocycles. The summed E-state index contributed by atoms with van der Waals surface area (Å²) in [7, 11) is 0. The molecule has 5 rings (SSSR count). The van der Waals surface area contributed by atoms with Gasteiger partial charge in [-0.2, -0.15) is 0 Å². The van der Waals surface area contributed by atoms with Crippen molar-refractivity contribution < 1.29 is 9.59 Å². The van der Waals surface area contributed by atoms with Crippen LogP contribution in [0.2, 0.25) is 0 Å². The predicted molar refractivity (Wildman–Crippen MR) is 83.7 cm³/mol. The summed E-state index contributed by atoms with van der Waals surface area (Å²) in [4.78, 5) is 27.5. The Balaban J connectivity index is 1.69. The highest BCUT2D eigenvalue weighted by Crippen LogP contribution is 2.48. The van der Waals surface area contributed by atoms with Crippen LogP contribution in [-0.2, 0) is 0 Å². The van der Waals surface area contributed by atoms with Gasteiger partial charge in [-0.15, -0.1) is 0 Å².